The Balaban J connectivity index is 1.66. The van der Waals surface area contributed by atoms with Crippen LogP contribution in [0.5, 0.6) is 5.75 Å². The van der Waals surface area contributed by atoms with Crippen LogP contribution in [0.2, 0.25) is 0 Å². The minimum Gasteiger partial charge on any atom is -0.496 e. The van der Waals surface area contributed by atoms with E-state index in [0.717, 1.165) is 6.07 Å². The first-order valence-electron chi connectivity index (χ1n) is 8.67. The average molecular weight is 401 g/mol. The maximum Gasteiger partial charge on any atom is 0.419 e. The van der Waals surface area contributed by atoms with E-state index in [0.29, 0.717) is 22.5 Å². The fourth-order valence-corrected chi connectivity index (χ4v) is 3.10. The number of alkyl halides is 3. The maximum absolute atomic E-state index is 14.0. The highest BCUT2D eigenvalue weighted by Crippen LogP contribution is 2.37. The Bertz CT molecular complexity index is 1140. The van der Waals surface area contributed by atoms with Crippen LogP contribution < -0.4 is 4.74 Å². The molecule has 0 atom stereocenters. The Labute approximate surface area is 163 Å². The zero-order valence-electron chi connectivity index (χ0n) is 15.2. The maximum atomic E-state index is 14.0. The number of ether oxygens (including phenoxy) is 1. The van der Waals surface area contributed by atoms with E-state index in [4.69, 9.17) is 4.74 Å². The van der Waals surface area contributed by atoms with E-state index in [9.17, 15) is 17.6 Å². The van der Waals surface area contributed by atoms with Crippen LogP contribution in [0.25, 0.3) is 22.8 Å². The van der Waals surface area contributed by atoms with E-state index in [-0.39, 0.29) is 18.1 Å². The predicted molar refractivity (Wildman–Crippen MR) is 99.1 cm³/mol. The first kappa shape index (κ1) is 18.9. The molecule has 2 aromatic carbocycles. The molecule has 0 aromatic heterocycles. The van der Waals surface area contributed by atoms with E-state index in [1.54, 1.807) is 47.3 Å². The van der Waals surface area contributed by atoms with Crippen LogP contribution >= 0.6 is 0 Å². The van der Waals surface area contributed by atoms with Crippen molar-refractivity contribution in [2.45, 2.75) is 12.7 Å². The summed E-state index contributed by atoms with van der Waals surface area (Å²) in [6, 6.07) is 11.8. The number of halogens is 4. The van der Waals surface area contributed by atoms with Gasteiger partial charge in [0.2, 0.25) is 0 Å². The number of fused-ring (bicyclic) bond motifs is 1. The molecule has 148 valence electrons. The highest BCUT2D eigenvalue weighted by atomic mass is 19.4. The van der Waals surface area contributed by atoms with Gasteiger partial charge in [0.05, 0.1) is 23.9 Å². The molecule has 2 aromatic rings. The molecule has 0 saturated carbocycles. The summed E-state index contributed by atoms with van der Waals surface area (Å²) in [7, 11) is 1.20. The molecular formula is C21H15F4N3O. The Morgan fingerprint density at radius 1 is 1.00 bits per heavy atom. The molecule has 2 heterocycles. The molecule has 0 saturated heterocycles. The lowest BCUT2D eigenvalue weighted by atomic mass is 10.1. The van der Waals surface area contributed by atoms with Gasteiger partial charge < -0.3 is 9.30 Å². The van der Waals surface area contributed by atoms with Gasteiger partial charge in [-0.1, -0.05) is 18.2 Å². The topological polar surface area (TPSA) is 39.9 Å². The number of hydrogen-bond acceptors (Lipinski definition) is 3. The highest BCUT2D eigenvalue weighted by molar-refractivity contribution is 5.65. The summed E-state index contributed by atoms with van der Waals surface area (Å²) in [5.41, 5.74) is 1.02. The second kappa shape index (κ2) is 7.20. The van der Waals surface area contributed by atoms with Crippen LogP contribution in [-0.2, 0) is 12.7 Å². The van der Waals surface area contributed by atoms with Gasteiger partial charge in [-0.3, -0.25) is 0 Å². The van der Waals surface area contributed by atoms with Crippen molar-refractivity contribution in [1.29, 1.82) is 0 Å². The van der Waals surface area contributed by atoms with Gasteiger partial charge in [-0.2, -0.15) is 13.2 Å². The number of pyridine rings is 1. The van der Waals surface area contributed by atoms with E-state index in [2.05, 4.69) is 9.97 Å². The minimum absolute atomic E-state index is 0.199. The molecule has 0 spiro atoms. The van der Waals surface area contributed by atoms with Crippen LogP contribution in [0, 0.1) is 5.82 Å². The van der Waals surface area contributed by atoms with Gasteiger partial charge in [0.15, 0.2) is 5.82 Å². The van der Waals surface area contributed by atoms with Crippen LogP contribution in [0.1, 0.15) is 11.1 Å². The van der Waals surface area contributed by atoms with Gasteiger partial charge in [0, 0.05) is 18.9 Å². The first-order chi connectivity index (χ1) is 13.8. The lowest BCUT2D eigenvalue weighted by molar-refractivity contribution is -0.138. The molecule has 29 heavy (non-hydrogen) atoms. The monoisotopic (exact) mass is 401 g/mol. The summed E-state index contributed by atoms with van der Waals surface area (Å²) >= 11 is 0. The molecule has 2 aliphatic heterocycles. The molecule has 0 aliphatic carbocycles. The van der Waals surface area contributed by atoms with Crippen molar-refractivity contribution >= 4 is 0 Å². The first-order valence-corrected chi connectivity index (χ1v) is 8.67. The van der Waals surface area contributed by atoms with Crippen molar-refractivity contribution in [3.05, 3.63) is 77.9 Å². The number of rotatable bonds is 4. The normalized spacial score (nSPS) is 11.8. The summed E-state index contributed by atoms with van der Waals surface area (Å²) in [6.45, 7) is 0.199. The number of nitrogens with zero attached hydrogens (tertiary/aromatic N) is 3. The predicted octanol–water partition coefficient (Wildman–Crippen LogP) is 5.26. The molecule has 0 amide bonds. The fourth-order valence-electron chi connectivity index (χ4n) is 3.10. The Morgan fingerprint density at radius 2 is 1.76 bits per heavy atom. The molecule has 2 aliphatic rings. The molecule has 0 fully saturated rings. The van der Waals surface area contributed by atoms with Gasteiger partial charge in [0.1, 0.15) is 17.3 Å². The highest BCUT2D eigenvalue weighted by Gasteiger charge is 2.34. The largest absolute Gasteiger partial charge is 0.496 e. The van der Waals surface area contributed by atoms with Crippen molar-refractivity contribution in [1.82, 2.24) is 14.5 Å². The van der Waals surface area contributed by atoms with Crippen LogP contribution in [0.15, 0.2) is 60.9 Å². The van der Waals surface area contributed by atoms with Crippen molar-refractivity contribution in [3.63, 3.8) is 0 Å². The third-order valence-corrected chi connectivity index (χ3v) is 4.48. The second-order valence-corrected chi connectivity index (χ2v) is 6.45. The number of imidazole rings is 1. The zero-order valence-corrected chi connectivity index (χ0v) is 15.2. The summed E-state index contributed by atoms with van der Waals surface area (Å²) in [6.07, 6.45) is -1.15. The molecule has 0 bridgehead atoms. The molecular weight excluding hydrogens is 386 g/mol. The Hall–Kier alpha value is -3.42. The Kier molecular flexibility index (Phi) is 4.70. The third kappa shape index (κ3) is 3.78. The summed E-state index contributed by atoms with van der Waals surface area (Å²) < 4.78 is 60.2. The van der Waals surface area contributed by atoms with Gasteiger partial charge in [-0.15, -0.1) is 0 Å². The van der Waals surface area contributed by atoms with Crippen molar-refractivity contribution in [2.24, 2.45) is 0 Å². The van der Waals surface area contributed by atoms with Gasteiger partial charge in [0.25, 0.3) is 0 Å². The van der Waals surface area contributed by atoms with Gasteiger partial charge in [-0.25, -0.2) is 14.4 Å². The molecule has 8 heteroatoms. The SMILES string of the molecule is COc1ccc(Cn2ccc3nc(-c4ccccc4F)nc-3c2)cc1C(F)(F)F. The third-order valence-electron chi connectivity index (χ3n) is 4.48. The summed E-state index contributed by atoms with van der Waals surface area (Å²) in [5, 5.41) is 0. The second-order valence-electron chi connectivity index (χ2n) is 6.45. The average Bonchev–Trinajstić information content (AvgIpc) is 3.10. The van der Waals surface area contributed by atoms with Gasteiger partial charge >= 0.3 is 6.18 Å². The fraction of sp³-hybridized carbons (Fsp3) is 0.143. The minimum atomic E-state index is -4.51. The van der Waals surface area contributed by atoms with Crippen LogP contribution in [0.4, 0.5) is 17.6 Å². The Morgan fingerprint density at radius 3 is 2.48 bits per heavy atom. The number of aromatic nitrogens is 3. The van der Waals surface area contributed by atoms with Crippen molar-refractivity contribution in [3.8, 4) is 28.5 Å². The standard InChI is InChI=1S/C21H15F4N3O/c1-29-19-7-6-13(10-15(19)21(23,24)25)11-28-9-8-17-18(12-28)27-20(26-17)14-4-2-3-5-16(14)22/h2-10,12H,11H2,1H3. The summed E-state index contributed by atoms with van der Waals surface area (Å²) in [5.74, 6) is -0.383. The molecule has 0 radical (unpaired) electrons. The van der Waals surface area contributed by atoms with Crippen molar-refractivity contribution in [2.75, 3.05) is 7.11 Å². The lowest BCUT2D eigenvalue weighted by Gasteiger charge is -2.14. The summed E-state index contributed by atoms with van der Waals surface area (Å²) in [4.78, 5) is 8.69. The molecule has 0 unspecified atom stereocenters. The smallest absolute Gasteiger partial charge is 0.419 e. The van der Waals surface area contributed by atoms with Crippen molar-refractivity contribution < 1.29 is 22.3 Å². The zero-order chi connectivity index (χ0) is 20.6. The quantitative estimate of drug-likeness (QED) is 0.438. The molecule has 4 nitrogen and oxygen atoms in total. The van der Waals surface area contributed by atoms with Crippen LogP contribution in [0.3, 0.4) is 0 Å². The van der Waals surface area contributed by atoms with E-state index >= 15 is 0 Å². The van der Waals surface area contributed by atoms with E-state index in [1.807, 2.05) is 0 Å². The molecule has 4 rings (SSSR count). The van der Waals surface area contributed by atoms with Crippen LogP contribution in [-0.4, -0.2) is 21.6 Å². The molecule has 0 N–H and O–H groups in total. The van der Waals surface area contributed by atoms with E-state index in [1.165, 1.54) is 19.2 Å². The van der Waals surface area contributed by atoms with E-state index < -0.39 is 17.6 Å². The number of methoxy groups -OCH3 is 1. The lowest BCUT2D eigenvalue weighted by Crippen LogP contribution is -2.09. The van der Waals surface area contributed by atoms with Gasteiger partial charge in [-0.05, 0) is 35.9 Å². The number of hydrogen-bond donors (Lipinski definition) is 0. The number of benzene rings is 2.